The number of ether oxygens (including phenoxy) is 1. The molecule has 7 nitrogen and oxygen atoms in total. The summed E-state index contributed by atoms with van der Waals surface area (Å²) < 4.78 is 32.9. The number of rotatable bonds is 7. The quantitative estimate of drug-likeness (QED) is 0.331. The van der Waals surface area contributed by atoms with E-state index in [2.05, 4.69) is 15.1 Å². The third kappa shape index (κ3) is 4.62. The minimum atomic E-state index is -0.516. The second kappa shape index (κ2) is 9.23. The number of fused-ring (bicyclic) bond motifs is 1. The summed E-state index contributed by atoms with van der Waals surface area (Å²) in [7, 11) is 1.27. The van der Waals surface area contributed by atoms with Crippen molar-refractivity contribution in [1.82, 2.24) is 14.8 Å². The highest BCUT2D eigenvalue weighted by atomic mass is 19.1. The Kier molecular flexibility index (Phi) is 6.21. The number of esters is 1. The molecule has 33 heavy (non-hydrogen) atoms. The molecule has 4 rings (SSSR count). The second-order valence-corrected chi connectivity index (χ2v) is 7.56. The number of benzene rings is 2. The van der Waals surface area contributed by atoms with Crippen LogP contribution in [0.4, 0.5) is 8.78 Å². The van der Waals surface area contributed by atoms with Crippen LogP contribution in [0.15, 0.2) is 58.4 Å². The van der Waals surface area contributed by atoms with Gasteiger partial charge in [-0.25, -0.2) is 13.5 Å². The lowest BCUT2D eigenvalue weighted by molar-refractivity contribution is -0.139. The molecule has 9 heteroatoms. The van der Waals surface area contributed by atoms with Crippen LogP contribution in [0, 0.1) is 11.6 Å². The van der Waals surface area contributed by atoms with Crippen molar-refractivity contribution < 1.29 is 18.3 Å². The number of aliphatic imine (C=N–C) groups is 1. The minimum absolute atomic E-state index is 0.149. The van der Waals surface area contributed by atoms with Gasteiger partial charge in [0, 0.05) is 29.4 Å². The largest absolute Gasteiger partial charge is 0.469 e. The monoisotopic (exact) mass is 452 g/mol. The fourth-order valence-corrected chi connectivity index (χ4v) is 3.75. The molecular weight excluding hydrogens is 430 g/mol. The molecule has 2 aromatic carbocycles. The highest BCUT2D eigenvalue weighted by molar-refractivity contribution is 6.00. The smallest absolute Gasteiger partial charge is 0.311 e. The van der Waals surface area contributed by atoms with Crippen LogP contribution in [0.5, 0.6) is 0 Å². The van der Waals surface area contributed by atoms with E-state index in [1.807, 2.05) is 6.20 Å². The fourth-order valence-electron chi connectivity index (χ4n) is 3.75. The van der Waals surface area contributed by atoms with Crippen molar-refractivity contribution in [3.05, 3.63) is 87.5 Å². The zero-order valence-corrected chi connectivity index (χ0v) is 18.1. The summed E-state index contributed by atoms with van der Waals surface area (Å²) in [5, 5.41) is 3.71. The number of hydrogen-bond acceptors (Lipinski definition) is 4. The molecule has 2 N–H and O–H groups in total. The number of aromatic amines is 2. The molecule has 0 bridgehead atoms. The molecule has 0 fully saturated rings. The molecule has 2 aromatic heterocycles. The van der Waals surface area contributed by atoms with Crippen molar-refractivity contribution in [1.29, 1.82) is 0 Å². The van der Waals surface area contributed by atoms with Crippen LogP contribution in [-0.4, -0.2) is 40.1 Å². The van der Waals surface area contributed by atoms with Crippen molar-refractivity contribution in [3.63, 3.8) is 0 Å². The lowest BCUT2D eigenvalue weighted by Crippen LogP contribution is -2.20. The first kappa shape index (κ1) is 22.2. The molecule has 170 valence electrons. The molecule has 0 aliphatic heterocycles. The van der Waals surface area contributed by atoms with Gasteiger partial charge < -0.3 is 9.72 Å². The number of carbonyl (C=O) groups is 1. The van der Waals surface area contributed by atoms with E-state index in [0.717, 1.165) is 16.5 Å². The standard InChI is InChI=1S/C24H22F2N4O3/c1-14(27-10-9-15-13-28-20-8-5-17(26)11-19(15)20)23-21(12-22(31)33-2)29-30(24(23)32)18-6-3-16(25)4-7-18/h3-8,11,13,28-29H,9-10,12H2,1-2H3. The average Bonchev–Trinajstić information content (AvgIpc) is 3.34. The summed E-state index contributed by atoms with van der Waals surface area (Å²) in [4.78, 5) is 32.7. The van der Waals surface area contributed by atoms with Gasteiger partial charge in [-0.15, -0.1) is 0 Å². The lowest BCUT2D eigenvalue weighted by Gasteiger charge is -2.02. The van der Waals surface area contributed by atoms with E-state index in [-0.39, 0.29) is 17.8 Å². The van der Waals surface area contributed by atoms with Crippen LogP contribution in [-0.2, 0) is 22.4 Å². The van der Waals surface area contributed by atoms with Crippen LogP contribution in [0.1, 0.15) is 23.7 Å². The van der Waals surface area contributed by atoms with E-state index in [4.69, 9.17) is 4.74 Å². The van der Waals surface area contributed by atoms with Crippen molar-refractivity contribution in [3.8, 4) is 5.69 Å². The maximum Gasteiger partial charge on any atom is 0.311 e. The maximum atomic E-state index is 13.6. The van der Waals surface area contributed by atoms with Gasteiger partial charge in [-0.2, -0.15) is 0 Å². The summed E-state index contributed by atoms with van der Waals surface area (Å²) in [5.41, 5.74) is 2.82. The number of carbonyl (C=O) groups excluding carboxylic acids is 1. The second-order valence-electron chi connectivity index (χ2n) is 7.56. The maximum absolute atomic E-state index is 13.6. The van der Waals surface area contributed by atoms with E-state index in [1.165, 1.54) is 48.2 Å². The Bertz CT molecular complexity index is 1400. The summed E-state index contributed by atoms with van der Waals surface area (Å²) in [6.45, 7) is 2.05. The molecule has 2 heterocycles. The molecular formula is C24H22F2N4O3. The predicted octanol–water partition coefficient (Wildman–Crippen LogP) is 3.69. The van der Waals surface area contributed by atoms with E-state index in [9.17, 15) is 18.4 Å². The Morgan fingerprint density at radius 3 is 2.58 bits per heavy atom. The van der Waals surface area contributed by atoms with Gasteiger partial charge in [0.2, 0.25) is 0 Å². The van der Waals surface area contributed by atoms with Gasteiger partial charge in [0.25, 0.3) is 5.56 Å². The molecule has 0 aliphatic carbocycles. The first-order valence-corrected chi connectivity index (χ1v) is 10.3. The summed E-state index contributed by atoms with van der Waals surface area (Å²) in [6, 6.07) is 9.95. The molecule has 0 spiro atoms. The fraction of sp³-hybridized carbons (Fsp3) is 0.208. The van der Waals surface area contributed by atoms with Gasteiger partial charge in [0.15, 0.2) is 0 Å². The number of nitrogens with one attached hydrogen (secondary N) is 2. The molecule has 0 radical (unpaired) electrons. The van der Waals surface area contributed by atoms with Gasteiger partial charge in [-0.3, -0.25) is 19.7 Å². The third-order valence-electron chi connectivity index (χ3n) is 5.42. The van der Waals surface area contributed by atoms with E-state index < -0.39 is 17.3 Å². The van der Waals surface area contributed by atoms with Gasteiger partial charge in [-0.1, -0.05) is 0 Å². The molecule has 0 amide bonds. The van der Waals surface area contributed by atoms with Crippen LogP contribution < -0.4 is 5.56 Å². The molecule has 0 saturated carbocycles. The van der Waals surface area contributed by atoms with Crippen LogP contribution in [0.3, 0.4) is 0 Å². The first-order valence-electron chi connectivity index (χ1n) is 10.3. The highest BCUT2D eigenvalue weighted by Gasteiger charge is 2.20. The normalized spacial score (nSPS) is 11.8. The topological polar surface area (TPSA) is 92.2 Å². The van der Waals surface area contributed by atoms with Crippen molar-refractivity contribution in [2.75, 3.05) is 13.7 Å². The van der Waals surface area contributed by atoms with Gasteiger partial charge in [0.1, 0.15) is 11.6 Å². The Hall–Kier alpha value is -4.01. The van der Waals surface area contributed by atoms with Crippen molar-refractivity contribution >= 4 is 22.6 Å². The van der Waals surface area contributed by atoms with Crippen LogP contribution in [0.2, 0.25) is 0 Å². The summed E-state index contributed by atoms with van der Waals surface area (Å²) >= 11 is 0. The van der Waals surface area contributed by atoms with Crippen molar-refractivity contribution in [2.45, 2.75) is 19.8 Å². The lowest BCUT2D eigenvalue weighted by atomic mass is 10.1. The zero-order chi connectivity index (χ0) is 23.5. The highest BCUT2D eigenvalue weighted by Crippen LogP contribution is 2.20. The molecule has 0 atom stereocenters. The van der Waals surface area contributed by atoms with Crippen LogP contribution >= 0.6 is 0 Å². The van der Waals surface area contributed by atoms with Crippen LogP contribution in [0.25, 0.3) is 16.6 Å². The van der Waals surface area contributed by atoms with Gasteiger partial charge >= 0.3 is 5.97 Å². The summed E-state index contributed by atoms with van der Waals surface area (Å²) in [5.74, 6) is -1.26. The Morgan fingerprint density at radius 1 is 1.12 bits per heavy atom. The molecule has 4 aromatic rings. The number of nitrogens with zero attached hydrogens (tertiary/aromatic N) is 2. The zero-order valence-electron chi connectivity index (χ0n) is 18.1. The van der Waals surface area contributed by atoms with Gasteiger partial charge in [-0.05, 0) is 61.4 Å². The molecule has 0 aliphatic rings. The van der Waals surface area contributed by atoms with Gasteiger partial charge in [0.05, 0.1) is 30.5 Å². The SMILES string of the molecule is COC(=O)Cc1[nH]n(-c2ccc(F)cc2)c(=O)c1C(C)=NCCc1c[nH]c2ccc(F)cc12. The molecule has 0 unspecified atom stereocenters. The first-order chi connectivity index (χ1) is 15.9. The third-order valence-corrected chi connectivity index (χ3v) is 5.42. The number of aromatic nitrogens is 3. The predicted molar refractivity (Wildman–Crippen MR) is 121 cm³/mol. The van der Waals surface area contributed by atoms with E-state index >= 15 is 0 Å². The number of hydrogen-bond donors (Lipinski definition) is 2. The average molecular weight is 452 g/mol. The van der Waals surface area contributed by atoms with E-state index in [0.29, 0.717) is 30.1 Å². The number of H-pyrrole nitrogens is 2. The number of halogens is 2. The Labute approximate surface area is 187 Å². The minimum Gasteiger partial charge on any atom is -0.469 e. The number of methoxy groups -OCH3 is 1. The van der Waals surface area contributed by atoms with Crippen molar-refractivity contribution in [2.24, 2.45) is 4.99 Å². The molecule has 0 saturated heterocycles. The Balaban J connectivity index is 1.64. The van der Waals surface area contributed by atoms with E-state index in [1.54, 1.807) is 13.0 Å². The summed E-state index contributed by atoms with van der Waals surface area (Å²) in [6.07, 6.45) is 2.20. The Morgan fingerprint density at radius 2 is 1.85 bits per heavy atom.